The highest BCUT2D eigenvalue weighted by atomic mass is 15.1. The van der Waals surface area contributed by atoms with E-state index < -0.39 is 0 Å². The number of nitrogens with one attached hydrogen (secondary N) is 3. The Balaban J connectivity index is 0.00000198. The van der Waals surface area contributed by atoms with Gasteiger partial charge in [-0.3, -0.25) is 0 Å². The van der Waals surface area contributed by atoms with Crippen LogP contribution in [-0.4, -0.2) is 36.6 Å². The number of hydrogen-bond donors (Lipinski definition) is 3. The summed E-state index contributed by atoms with van der Waals surface area (Å²) >= 11 is 0. The van der Waals surface area contributed by atoms with Gasteiger partial charge in [0.25, 0.3) is 0 Å². The van der Waals surface area contributed by atoms with Crippen LogP contribution in [-0.2, 0) is 13.0 Å². The molecule has 0 aliphatic carbocycles. The first kappa shape index (κ1) is 30.4. The van der Waals surface area contributed by atoms with Crippen LogP contribution in [0.4, 0.5) is 11.4 Å². The number of anilines is 2. The zero-order valence-electron chi connectivity index (χ0n) is 25.0. The van der Waals surface area contributed by atoms with Crippen molar-refractivity contribution in [1.29, 1.82) is 0 Å². The molecule has 1 fully saturated rings. The van der Waals surface area contributed by atoms with E-state index in [0.717, 1.165) is 49.5 Å². The molecular weight excluding hydrogens is 514 g/mol. The average Bonchev–Trinajstić information content (AvgIpc) is 3.47. The van der Waals surface area contributed by atoms with Gasteiger partial charge in [0.2, 0.25) is 0 Å². The van der Waals surface area contributed by atoms with Crippen LogP contribution in [0.2, 0.25) is 0 Å². The summed E-state index contributed by atoms with van der Waals surface area (Å²) in [5.41, 5.74) is 10.7. The zero-order valence-corrected chi connectivity index (χ0v) is 25.0. The van der Waals surface area contributed by atoms with Crippen LogP contribution in [0.15, 0.2) is 97.2 Å². The summed E-state index contributed by atoms with van der Waals surface area (Å²) in [6.45, 7) is 10.0. The van der Waals surface area contributed by atoms with Gasteiger partial charge in [-0.1, -0.05) is 61.2 Å². The molecule has 2 aromatic heterocycles. The summed E-state index contributed by atoms with van der Waals surface area (Å²) in [6, 6.07) is 21.6. The van der Waals surface area contributed by atoms with Crippen molar-refractivity contribution in [1.82, 2.24) is 15.3 Å². The lowest BCUT2D eigenvalue weighted by atomic mass is 9.97. The van der Waals surface area contributed by atoms with Crippen LogP contribution in [0, 0.1) is 12.8 Å². The molecule has 1 aliphatic rings. The van der Waals surface area contributed by atoms with Crippen LogP contribution in [0.1, 0.15) is 48.6 Å². The van der Waals surface area contributed by atoms with Gasteiger partial charge in [0.1, 0.15) is 5.65 Å². The molecule has 1 aliphatic heterocycles. The first-order valence-corrected chi connectivity index (χ1v) is 14.8. The predicted octanol–water partition coefficient (Wildman–Crippen LogP) is 7.74. The Hall–Kier alpha value is -4.53. The first-order chi connectivity index (χ1) is 20.7. The molecule has 2 aromatic carbocycles. The molecule has 0 amide bonds. The largest absolute Gasteiger partial charge is 0.388 e. The van der Waals surface area contributed by atoms with E-state index in [1.807, 2.05) is 25.4 Å². The number of nitrogens with zero attached hydrogens (tertiary/aromatic N) is 2. The number of H-pyrrole nitrogens is 1. The van der Waals surface area contributed by atoms with E-state index in [-0.39, 0.29) is 0 Å². The highest BCUT2D eigenvalue weighted by Gasteiger charge is 2.16. The molecule has 5 heteroatoms. The Morgan fingerprint density at radius 3 is 2.55 bits per heavy atom. The summed E-state index contributed by atoms with van der Waals surface area (Å²) in [4.78, 5) is 10.8. The van der Waals surface area contributed by atoms with Crippen molar-refractivity contribution in [3.8, 4) is 12.8 Å². The van der Waals surface area contributed by atoms with E-state index in [1.54, 1.807) is 0 Å². The number of benzene rings is 2. The first-order valence-electron chi connectivity index (χ1n) is 14.8. The fourth-order valence-corrected chi connectivity index (χ4v) is 5.60. The Morgan fingerprint density at radius 1 is 1.05 bits per heavy atom. The maximum atomic E-state index is 4.66. The number of aromatic nitrogens is 2. The lowest BCUT2D eigenvalue weighted by Gasteiger charge is -2.29. The third kappa shape index (κ3) is 7.60. The minimum absolute atomic E-state index is 0.763. The molecule has 5 nitrogen and oxygen atoms in total. The number of rotatable bonds is 11. The van der Waals surface area contributed by atoms with E-state index in [1.165, 1.54) is 58.3 Å². The minimum Gasteiger partial charge on any atom is -0.388 e. The second-order valence-corrected chi connectivity index (χ2v) is 10.5. The molecule has 0 spiro atoms. The van der Waals surface area contributed by atoms with Crippen molar-refractivity contribution in [2.45, 2.75) is 39.2 Å². The van der Waals surface area contributed by atoms with E-state index >= 15 is 0 Å². The van der Waals surface area contributed by atoms with E-state index in [0.29, 0.717) is 0 Å². The minimum atomic E-state index is 0.763. The van der Waals surface area contributed by atoms with Crippen molar-refractivity contribution in [3.05, 3.63) is 120 Å². The molecular formula is C37H43N5. The quantitative estimate of drug-likeness (QED) is 0.130. The molecule has 0 unspecified atom stereocenters. The maximum Gasteiger partial charge on any atom is 0.139 e. The number of aromatic amines is 1. The Morgan fingerprint density at radius 2 is 1.83 bits per heavy atom. The highest BCUT2D eigenvalue weighted by Crippen LogP contribution is 2.31. The van der Waals surface area contributed by atoms with Crippen molar-refractivity contribution in [2.75, 3.05) is 36.9 Å². The van der Waals surface area contributed by atoms with Crippen LogP contribution in [0.3, 0.4) is 0 Å². The van der Waals surface area contributed by atoms with Crippen molar-refractivity contribution in [3.63, 3.8) is 0 Å². The van der Waals surface area contributed by atoms with Gasteiger partial charge in [-0.15, -0.1) is 12.8 Å². The van der Waals surface area contributed by atoms with Crippen LogP contribution in [0.5, 0.6) is 0 Å². The molecule has 0 atom stereocenters. The molecule has 0 radical (unpaired) electrons. The molecule has 42 heavy (non-hydrogen) atoms. The van der Waals surface area contributed by atoms with Crippen LogP contribution < -0.4 is 15.5 Å². The second-order valence-electron chi connectivity index (χ2n) is 10.5. The van der Waals surface area contributed by atoms with Crippen molar-refractivity contribution in [2.24, 2.45) is 0 Å². The fraction of sp³-hybridized carbons (Fsp3) is 0.270. The summed E-state index contributed by atoms with van der Waals surface area (Å²) in [5, 5.41) is 8.16. The van der Waals surface area contributed by atoms with Crippen molar-refractivity contribution < 1.29 is 0 Å². The summed E-state index contributed by atoms with van der Waals surface area (Å²) < 4.78 is 0. The van der Waals surface area contributed by atoms with Gasteiger partial charge >= 0.3 is 0 Å². The number of hydrogen-bond acceptors (Lipinski definition) is 4. The lowest BCUT2D eigenvalue weighted by Crippen LogP contribution is -2.29. The SMILES string of the molecule is C#C.C=C/C(=C\C(=C/C)c1ccc(NC)c(Cc2cc3c(N4CCCCC4)ccnc3[nH]2)c1)CNCc1ccccc1. The predicted molar refractivity (Wildman–Crippen MR) is 181 cm³/mol. The third-order valence-corrected chi connectivity index (χ3v) is 7.77. The Kier molecular flexibility index (Phi) is 11.2. The summed E-state index contributed by atoms with van der Waals surface area (Å²) in [7, 11) is 1.99. The molecule has 0 saturated carbocycles. The number of pyridine rings is 1. The number of allylic oxidation sites excluding steroid dienone is 3. The van der Waals surface area contributed by atoms with Crippen LogP contribution >= 0.6 is 0 Å². The van der Waals surface area contributed by atoms with Gasteiger partial charge in [0, 0.05) is 68.3 Å². The number of fused-ring (bicyclic) bond motifs is 1. The normalized spacial score (nSPS) is 13.9. The number of terminal acetylenes is 1. The van der Waals surface area contributed by atoms with E-state index in [4.69, 9.17) is 0 Å². The van der Waals surface area contributed by atoms with Gasteiger partial charge in [0.15, 0.2) is 0 Å². The molecule has 4 aromatic rings. The van der Waals surface area contributed by atoms with Gasteiger partial charge in [-0.05, 0) is 78.3 Å². The third-order valence-electron chi connectivity index (χ3n) is 7.77. The molecule has 1 saturated heterocycles. The monoisotopic (exact) mass is 557 g/mol. The van der Waals surface area contributed by atoms with Gasteiger partial charge in [0.05, 0.1) is 0 Å². The summed E-state index contributed by atoms with van der Waals surface area (Å²) in [6.07, 6.45) is 20.9. The standard InChI is InChI=1S/C35H41N5.C2H2/c1-4-26(24-37-25-27-12-8-6-9-13-27)20-28(5-2)29-14-15-33(36-3)30(21-29)22-31-23-32-34(16-17-38-35(32)39-31)40-18-10-7-11-19-40;1-2/h4-6,8-9,12-17,20-21,23,36-37H,1,7,10-11,18-19,22,24-25H2,2-3H3,(H,38,39);1-2H/b26-20+,28-5+;. The van der Waals surface area contributed by atoms with Crippen LogP contribution in [0.25, 0.3) is 16.6 Å². The molecule has 5 rings (SSSR count). The van der Waals surface area contributed by atoms with Gasteiger partial charge < -0.3 is 20.5 Å². The smallest absolute Gasteiger partial charge is 0.139 e. The molecule has 0 bridgehead atoms. The lowest BCUT2D eigenvalue weighted by molar-refractivity contribution is 0.579. The molecule has 216 valence electrons. The zero-order chi connectivity index (χ0) is 29.7. The van der Waals surface area contributed by atoms with Gasteiger partial charge in [-0.25, -0.2) is 4.98 Å². The van der Waals surface area contributed by atoms with Gasteiger partial charge in [-0.2, -0.15) is 0 Å². The highest BCUT2D eigenvalue weighted by molar-refractivity contribution is 5.90. The fourth-order valence-electron chi connectivity index (χ4n) is 5.60. The second kappa shape index (κ2) is 15.5. The average molecular weight is 558 g/mol. The Labute approximate surface area is 251 Å². The van der Waals surface area contributed by atoms with E-state index in [9.17, 15) is 0 Å². The number of piperidine rings is 1. The van der Waals surface area contributed by atoms with Crippen molar-refractivity contribution >= 4 is 28.0 Å². The summed E-state index contributed by atoms with van der Waals surface area (Å²) in [5.74, 6) is 0. The van der Waals surface area contributed by atoms with E-state index in [2.05, 4.69) is 119 Å². The molecule has 3 N–H and O–H groups in total. The Bertz CT molecular complexity index is 1530. The molecule has 3 heterocycles. The maximum absolute atomic E-state index is 4.66. The topological polar surface area (TPSA) is 56.0 Å².